The predicted octanol–water partition coefficient (Wildman–Crippen LogP) is 1.64. The Hall–Kier alpha value is -1.15. The highest BCUT2D eigenvalue weighted by Crippen LogP contribution is 2.26. The number of nitrogens with one attached hydrogen (secondary N) is 1. The van der Waals surface area contributed by atoms with Crippen LogP contribution in [0.5, 0.6) is 0 Å². The fourth-order valence-corrected chi connectivity index (χ4v) is 3.66. The van der Waals surface area contributed by atoms with Crippen molar-refractivity contribution in [1.82, 2.24) is 9.62 Å². The number of carbonyl (C=O) groups excluding carboxylic acids is 1. The molecule has 1 aromatic carbocycles. The van der Waals surface area contributed by atoms with Crippen molar-refractivity contribution in [3.63, 3.8) is 0 Å². The Morgan fingerprint density at radius 2 is 1.71 bits per heavy atom. The first-order valence-corrected chi connectivity index (χ1v) is 9.28. The predicted molar refractivity (Wildman–Crippen MR) is 96.4 cm³/mol. The molecule has 0 heterocycles. The summed E-state index contributed by atoms with van der Waals surface area (Å²) in [7, 11) is -0.437. The molecule has 1 saturated carbocycles. The molecule has 0 atom stereocenters. The molecule has 0 spiro atoms. The molecule has 0 aliphatic heterocycles. The molecule has 0 aromatic heterocycles. The fourth-order valence-electron chi connectivity index (χ4n) is 2.76. The number of halogens is 1. The topological polar surface area (TPSA) is 92.5 Å². The number of hydrogen-bond acceptors (Lipinski definition) is 4. The van der Waals surface area contributed by atoms with Crippen LogP contribution in [0.25, 0.3) is 0 Å². The van der Waals surface area contributed by atoms with Crippen LogP contribution in [-0.2, 0) is 21.4 Å². The Balaban J connectivity index is 0.00000288. The summed E-state index contributed by atoms with van der Waals surface area (Å²) in [5, 5.41) is 2.87. The van der Waals surface area contributed by atoms with Crippen LogP contribution < -0.4 is 11.1 Å². The van der Waals surface area contributed by atoms with E-state index in [0.717, 1.165) is 37.7 Å². The second-order valence-corrected chi connectivity index (χ2v) is 8.48. The lowest BCUT2D eigenvalue weighted by molar-refractivity contribution is -0.127. The summed E-state index contributed by atoms with van der Waals surface area (Å²) in [6.07, 6.45) is 4.55. The van der Waals surface area contributed by atoms with Gasteiger partial charge in [0, 0.05) is 20.6 Å². The van der Waals surface area contributed by atoms with E-state index in [2.05, 4.69) is 5.32 Å². The van der Waals surface area contributed by atoms with Gasteiger partial charge in [0.05, 0.1) is 10.4 Å². The van der Waals surface area contributed by atoms with E-state index >= 15 is 0 Å². The molecule has 136 valence electrons. The van der Waals surface area contributed by atoms with Crippen LogP contribution in [-0.4, -0.2) is 38.3 Å². The van der Waals surface area contributed by atoms with Crippen LogP contribution in [0.2, 0.25) is 0 Å². The third-order valence-corrected chi connectivity index (χ3v) is 6.18. The second-order valence-electron chi connectivity index (χ2n) is 6.33. The molecular weight excluding hydrogens is 350 g/mol. The molecule has 0 bridgehead atoms. The number of nitrogens with two attached hydrogens (primary N) is 1. The average molecular weight is 376 g/mol. The van der Waals surface area contributed by atoms with Crippen LogP contribution in [0.3, 0.4) is 0 Å². The van der Waals surface area contributed by atoms with E-state index in [1.54, 1.807) is 24.3 Å². The summed E-state index contributed by atoms with van der Waals surface area (Å²) < 4.78 is 25.2. The van der Waals surface area contributed by atoms with Gasteiger partial charge in [-0.15, -0.1) is 12.4 Å². The molecule has 0 saturated heterocycles. The number of rotatable bonds is 5. The minimum Gasteiger partial charge on any atom is -0.350 e. The molecule has 6 nitrogen and oxygen atoms in total. The normalized spacial score (nSPS) is 17.2. The van der Waals surface area contributed by atoms with Gasteiger partial charge in [0.2, 0.25) is 15.9 Å². The van der Waals surface area contributed by atoms with Gasteiger partial charge in [0.15, 0.2) is 0 Å². The monoisotopic (exact) mass is 375 g/mol. The molecule has 8 heteroatoms. The van der Waals surface area contributed by atoms with Crippen LogP contribution in [0.15, 0.2) is 29.2 Å². The van der Waals surface area contributed by atoms with Crippen molar-refractivity contribution in [2.75, 3.05) is 14.1 Å². The fraction of sp³-hybridized carbons (Fsp3) is 0.562. The minimum absolute atomic E-state index is 0. The maximum atomic E-state index is 12.3. The largest absolute Gasteiger partial charge is 0.350 e. The van der Waals surface area contributed by atoms with Crippen molar-refractivity contribution in [3.8, 4) is 0 Å². The summed E-state index contributed by atoms with van der Waals surface area (Å²) in [4.78, 5) is 12.5. The van der Waals surface area contributed by atoms with Crippen molar-refractivity contribution in [3.05, 3.63) is 29.8 Å². The van der Waals surface area contributed by atoms with E-state index in [0.29, 0.717) is 6.54 Å². The van der Waals surface area contributed by atoms with E-state index in [-0.39, 0.29) is 23.2 Å². The Labute approximate surface area is 150 Å². The van der Waals surface area contributed by atoms with Crippen LogP contribution in [0, 0.1) is 0 Å². The van der Waals surface area contributed by atoms with Gasteiger partial charge in [-0.25, -0.2) is 12.7 Å². The SMILES string of the molecule is CN(C)S(=O)(=O)c1ccc(CNC(=O)C2(N)CCCCC2)cc1.Cl. The molecule has 1 aromatic rings. The Morgan fingerprint density at radius 3 is 2.21 bits per heavy atom. The average Bonchev–Trinajstić information content (AvgIpc) is 2.53. The van der Waals surface area contributed by atoms with Crippen molar-refractivity contribution < 1.29 is 13.2 Å². The smallest absolute Gasteiger partial charge is 0.242 e. The lowest BCUT2D eigenvalue weighted by Gasteiger charge is -2.31. The zero-order valence-electron chi connectivity index (χ0n) is 14.1. The van der Waals surface area contributed by atoms with E-state index in [4.69, 9.17) is 5.73 Å². The zero-order chi connectivity index (χ0) is 17.1. The third kappa shape index (κ3) is 4.69. The summed E-state index contributed by atoms with van der Waals surface area (Å²) >= 11 is 0. The van der Waals surface area contributed by atoms with Crippen molar-refractivity contribution in [1.29, 1.82) is 0 Å². The minimum atomic E-state index is -3.43. The number of hydrogen-bond donors (Lipinski definition) is 2. The van der Waals surface area contributed by atoms with E-state index in [9.17, 15) is 13.2 Å². The second kappa shape index (κ2) is 8.29. The zero-order valence-corrected chi connectivity index (χ0v) is 15.8. The molecule has 2 rings (SSSR count). The molecule has 1 aliphatic rings. The first-order chi connectivity index (χ1) is 10.8. The van der Waals surface area contributed by atoms with E-state index in [1.165, 1.54) is 18.4 Å². The van der Waals surface area contributed by atoms with E-state index in [1.807, 2.05) is 0 Å². The van der Waals surface area contributed by atoms with E-state index < -0.39 is 15.6 Å². The number of benzene rings is 1. The van der Waals surface area contributed by atoms with Crippen molar-refractivity contribution >= 4 is 28.3 Å². The van der Waals surface area contributed by atoms with Gasteiger partial charge >= 0.3 is 0 Å². The van der Waals surface area contributed by atoms with Gasteiger partial charge in [0.1, 0.15) is 0 Å². The number of sulfonamides is 1. The molecular formula is C16H26ClN3O3S. The Kier molecular flexibility index (Phi) is 7.22. The van der Waals surface area contributed by atoms with Crippen LogP contribution in [0.1, 0.15) is 37.7 Å². The van der Waals surface area contributed by atoms with Crippen LogP contribution >= 0.6 is 12.4 Å². The summed E-state index contributed by atoms with van der Waals surface area (Å²) in [6, 6.07) is 6.52. The molecule has 1 aliphatic carbocycles. The molecule has 1 amide bonds. The first kappa shape index (κ1) is 20.9. The van der Waals surface area contributed by atoms with Crippen molar-refractivity contribution in [2.45, 2.75) is 49.1 Å². The summed E-state index contributed by atoms with van der Waals surface area (Å²) in [5.74, 6) is -0.123. The number of nitrogens with zero attached hydrogens (tertiary/aromatic N) is 1. The summed E-state index contributed by atoms with van der Waals surface area (Å²) in [5.41, 5.74) is 6.27. The third-order valence-electron chi connectivity index (χ3n) is 4.35. The van der Waals surface area contributed by atoms with Gasteiger partial charge < -0.3 is 11.1 Å². The number of carbonyl (C=O) groups is 1. The molecule has 24 heavy (non-hydrogen) atoms. The number of amides is 1. The lowest BCUT2D eigenvalue weighted by atomic mass is 9.82. The van der Waals surface area contributed by atoms with Gasteiger partial charge in [-0.05, 0) is 30.5 Å². The maximum Gasteiger partial charge on any atom is 0.242 e. The quantitative estimate of drug-likeness (QED) is 0.818. The molecule has 1 fully saturated rings. The maximum absolute atomic E-state index is 12.3. The summed E-state index contributed by atoms with van der Waals surface area (Å²) in [6.45, 7) is 0.347. The van der Waals surface area contributed by atoms with Gasteiger partial charge in [0.25, 0.3) is 0 Å². The molecule has 0 radical (unpaired) electrons. The van der Waals surface area contributed by atoms with Gasteiger partial charge in [-0.1, -0.05) is 31.4 Å². The lowest BCUT2D eigenvalue weighted by Crippen LogP contribution is -2.54. The highest BCUT2D eigenvalue weighted by molar-refractivity contribution is 7.89. The standard InChI is InChI=1S/C16H25N3O3S.ClH/c1-19(2)23(21,22)14-8-6-13(7-9-14)12-18-15(20)16(17)10-4-3-5-11-16;/h6-9H,3-5,10-12,17H2,1-2H3,(H,18,20);1H. The van der Waals surface area contributed by atoms with Gasteiger partial charge in [-0.3, -0.25) is 4.79 Å². The first-order valence-electron chi connectivity index (χ1n) is 7.84. The molecule has 3 N–H and O–H groups in total. The van der Waals surface area contributed by atoms with Crippen LogP contribution in [0.4, 0.5) is 0 Å². The van der Waals surface area contributed by atoms with Crippen molar-refractivity contribution in [2.24, 2.45) is 5.73 Å². The highest BCUT2D eigenvalue weighted by Gasteiger charge is 2.34. The molecule has 0 unspecified atom stereocenters. The Morgan fingerprint density at radius 1 is 1.17 bits per heavy atom. The Bertz CT molecular complexity index is 654. The highest BCUT2D eigenvalue weighted by atomic mass is 35.5. The van der Waals surface area contributed by atoms with Gasteiger partial charge in [-0.2, -0.15) is 0 Å².